The van der Waals surface area contributed by atoms with Gasteiger partial charge in [0.25, 0.3) is 0 Å². The fourth-order valence-corrected chi connectivity index (χ4v) is 6.98. The van der Waals surface area contributed by atoms with Gasteiger partial charge >= 0.3 is 0 Å². The summed E-state index contributed by atoms with van der Waals surface area (Å²) in [5.41, 5.74) is 0. The Morgan fingerprint density at radius 3 is 1.20 bits per heavy atom. The standard InChI is InChI=1S/C46H89NO4/c1-3-5-7-9-11-13-15-17-19-21-22-24-26-28-30-32-34-36-38-40-45(50)44(42-48)47-46(51)41-43(49)39-37-35-33-31-29-27-25-23-20-18-16-14-12-10-8-6-4-2/h23,25,38,40,43-45,48-50H,3-22,24,26-37,39,41-42H2,1-2H3,(H,47,51)/b25-23-,40-38+. The highest BCUT2D eigenvalue weighted by Gasteiger charge is 2.20. The number of hydrogen-bond acceptors (Lipinski definition) is 4. The van der Waals surface area contributed by atoms with Gasteiger partial charge in [-0.1, -0.05) is 212 Å². The van der Waals surface area contributed by atoms with Gasteiger partial charge in [-0.05, 0) is 44.9 Å². The van der Waals surface area contributed by atoms with Crippen molar-refractivity contribution in [2.24, 2.45) is 0 Å². The van der Waals surface area contributed by atoms with Crippen molar-refractivity contribution in [3.63, 3.8) is 0 Å². The van der Waals surface area contributed by atoms with Crippen molar-refractivity contribution in [3.8, 4) is 0 Å². The summed E-state index contributed by atoms with van der Waals surface area (Å²) in [5, 5.41) is 33.3. The van der Waals surface area contributed by atoms with Gasteiger partial charge in [0.15, 0.2) is 0 Å². The van der Waals surface area contributed by atoms with Gasteiger partial charge in [-0.25, -0.2) is 0 Å². The summed E-state index contributed by atoms with van der Waals surface area (Å²) in [6.07, 6.45) is 50.3. The number of aliphatic hydroxyl groups is 3. The molecule has 0 aliphatic carbocycles. The molecular formula is C46H89NO4. The topological polar surface area (TPSA) is 89.8 Å². The molecule has 5 heteroatoms. The number of carbonyl (C=O) groups is 1. The maximum Gasteiger partial charge on any atom is 0.222 e. The van der Waals surface area contributed by atoms with Crippen molar-refractivity contribution in [2.75, 3.05) is 6.61 Å². The first kappa shape index (κ1) is 49.8. The molecule has 1 amide bonds. The predicted molar refractivity (Wildman–Crippen MR) is 222 cm³/mol. The maximum atomic E-state index is 12.4. The summed E-state index contributed by atoms with van der Waals surface area (Å²) in [6.45, 7) is 4.22. The molecule has 0 heterocycles. The summed E-state index contributed by atoms with van der Waals surface area (Å²) < 4.78 is 0. The molecule has 0 aliphatic rings. The SMILES string of the molecule is CCCCCCCCCC/C=C\CCCCCCCC(O)CC(=O)NC(CO)C(O)/C=C/CCCCCCCCCCCCCCCCCCC. The lowest BCUT2D eigenvalue weighted by Crippen LogP contribution is -2.45. The second kappa shape index (κ2) is 41.6. The van der Waals surface area contributed by atoms with Crippen LogP contribution < -0.4 is 5.32 Å². The van der Waals surface area contributed by atoms with Crippen LogP contribution in [-0.2, 0) is 4.79 Å². The third-order valence-corrected chi connectivity index (χ3v) is 10.5. The molecule has 0 aliphatic heterocycles. The van der Waals surface area contributed by atoms with Crippen molar-refractivity contribution >= 4 is 5.91 Å². The molecule has 3 unspecified atom stereocenters. The van der Waals surface area contributed by atoms with Crippen molar-refractivity contribution in [1.29, 1.82) is 0 Å². The third-order valence-electron chi connectivity index (χ3n) is 10.5. The van der Waals surface area contributed by atoms with E-state index in [9.17, 15) is 20.1 Å². The summed E-state index contributed by atoms with van der Waals surface area (Å²) in [4.78, 5) is 12.4. The monoisotopic (exact) mass is 720 g/mol. The van der Waals surface area contributed by atoms with Gasteiger partial charge in [-0.2, -0.15) is 0 Å². The van der Waals surface area contributed by atoms with Crippen molar-refractivity contribution in [3.05, 3.63) is 24.3 Å². The Bertz CT molecular complexity index is 754. The number of carbonyl (C=O) groups excluding carboxylic acids is 1. The van der Waals surface area contributed by atoms with Gasteiger partial charge < -0.3 is 20.6 Å². The summed E-state index contributed by atoms with van der Waals surface area (Å²) in [7, 11) is 0. The average Bonchev–Trinajstić information content (AvgIpc) is 3.12. The van der Waals surface area contributed by atoms with Crippen LogP contribution in [0.5, 0.6) is 0 Å². The smallest absolute Gasteiger partial charge is 0.222 e. The van der Waals surface area contributed by atoms with Crippen molar-refractivity contribution in [2.45, 2.75) is 257 Å². The molecule has 0 rings (SSSR count). The zero-order valence-electron chi connectivity index (χ0n) is 34.2. The number of amides is 1. The Kier molecular flexibility index (Phi) is 40.6. The molecule has 4 N–H and O–H groups in total. The Morgan fingerprint density at radius 2 is 0.824 bits per heavy atom. The van der Waals surface area contributed by atoms with E-state index in [0.29, 0.717) is 6.42 Å². The van der Waals surface area contributed by atoms with Crippen LogP contribution in [0.15, 0.2) is 24.3 Å². The van der Waals surface area contributed by atoms with Crippen LogP contribution in [0.4, 0.5) is 0 Å². The lowest BCUT2D eigenvalue weighted by molar-refractivity contribution is -0.124. The van der Waals surface area contributed by atoms with E-state index in [-0.39, 0.29) is 18.9 Å². The fraction of sp³-hybridized carbons (Fsp3) is 0.891. The van der Waals surface area contributed by atoms with E-state index in [1.807, 2.05) is 6.08 Å². The molecule has 0 aromatic heterocycles. The van der Waals surface area contributed by atoms with Crippen LogP contribution in [0.3, 0.4) is 0 Å². The first-order chi connectivity index (χ1) is 25.0. The van der Waals surface area contributed by atoms with E-state index in [1.165, 1.54) is 173 Å². The van der Waals surface area contributed by atoms with Crippen LogP contribution in [-0.4, -0.2) is 46.1 Å². The number of hydrogen-bond donors (Lipinski definition) is 4. The zero-order chi connectivity index (χ0) is 37.3. The first-order valence-corrected chi connectivity index (χ1v) is 22.6. The molecule has 302 valence electrons. The second-order valence-corrected chi connectivity index (χ2v) is 15.7. The van der Waals surface area contributed by atoms with E-state index in [2.05, 4.69) is 31.3 Å². The highest BCUT2D eigenvalue weighted by atomic mass is 16.3. The largest absolute Gasteiger partial charge is 0.394 e. The van der Waals surface area contributed by atoms with Gasteiger partial charge in [0.05, 0.1) is 31.3 Å². The molecule has 0 fully saturated rings. The fourth-order valence-electron chi connectivity index (χ4n) is 6.98. The molecule has 51 heavy (non-hydrogen) atoms. The summed E-state index contributed by atoms with van der Waals surface area (Å²) in [6, 6.07) is -0.745. The molecule has 5 nitrogen and oxygen atoms in total. The first-order valence-electron chi connectivity index (χ1n) is 22.6. The molecule has 0 aromatic rings. The van der Waals surface area contributed by atoms with E-state index < -0.39 is 18.2 Å². The van der Waals surface area contributed by atoms with E-state index in [4.69, 9.17) is 0 Å². The Hall–Kier alpha value is -1.17. The number of aliphatic hydroxyl groups excluding tert-OH is 3. The van der Waals surface area contributed by atoms with Gasteiger partial charge in [0.2, 0.25) is 5.91 Å². The van der Waals surface area contributed by atoms with Crippen LogP contribution >= 0.6 is 0 Å². The highest BCUT2D eigenvalue weighted by Crippen LogP contribution is 2.16. The molecule has 3 atom stereocenters. The predicted octanol–water partition coefficient (Wildman–Crippen LogP) is 13.0. The van der Waals surface area contributed by atoms with Crippen molar-refractivity contribution < 1.29 is 20.1 Å². The van der Waals surface area contributed by atoms with E-state index in [0.717, 1.165) is 38.5 Å². The summed E-state index contributed by atoms with van der Waals surface area (Å²) >= 11 is 0. The molecule has 0 spiro atoms. The summed E-state index contributed by atoms with van der Waals surface area (Å²) in [5.74, 6) is -0.319. The van der Waals surface area contributed by atoms with Gasteiger partial charge in [-0.3, -0.25) is 4.79 Å². The Morgan fingerprint density at radius 1 is 0.490 bits per heavy atom. The number of unbranched alkanes of at least 4 members (excludes halogenated alkanes) is 30. The van der Waals surface area contributed by atoms with Crippen molar-refractivity contribution in [1.82, 2.24) is 5.32 Å². The zero-order valence-corrected chi connectivity index (χ0v) is 34.2. The second-order valence-electron chi connectivity index (χ2n) is 15.7. The third kappa shape index (κ3) is 38.4. The lowest BCUT2D eigenvalue weighted by Gasteiger charge is -2.21. The molecule has 0 saturated carbocycles. The quantitative estimate of drug-likeness (QED) is 0.0374. The Balaban J connectivity index is 3.66. The lowest BCUT2D eigenvalue weighted by atomic mass is 10.0. The number of rotatable bonds is 41. The maximum absolute atomic E-state index is 12.4. The molecule has 0 saturated heterocycles. The van der Waals surface area contributed by atoms with Crippen LogP contribution in [0.25, 0.3) is 0 Å². The minimum atomic E-state index is -0.929. The highest BCUT2D eigenvalue weighted by molar-refractivity contribution is 5.76. The van der Waals surface area contributed by atoms with Gasteiger partial charge in [-0.15, -0.1) is 0 Å². The van der Waals surface area contributed by atoms with Crippen LogP contribution in [0, 0.1) is 0 Å². The molecule has 0 radical (unpaired) electrons. The normalized spacial score (nSPS) is 13.7. The van der Waals surface area contributed by atoms with E-state index in [1.54, 1.807) is 6.08 Å². The Labute approximate surface area is 318 Å². The molecule has 0 aromatic carbocycles. The van der Waals surface area contributed by atoms with E-state index >= 15 is 0 Å². The van der Waals surface area contributed by atoms with Gasteiger partial charge in [0, 0.05) is 0 Å². The van der Waals surface area contributed by atoms with Gasteiger partial charge in [0.1, 0.15) is 0 Å². The minimum Gasteiger partial charge on any atom is -0.394 e. The molecule has 0 bridgehead atoms. The number of allylic oxidation sites excluding steroid dienone is 3. The minimum absolute atomic E-state index is 0.00976. The average molecular weight is 720 g/mol. The van der Waals surface area contributed by atoms with Crippen LogP contribution in [0.2, 0.25) is 0 Å². The van der Waals surface area contributed by atoms with Crippen LogP contribution in [0.1, 0.15) is 239 Å². The number of nitrogens with one attached hydrogen (secondary N) is 1. The molecular weight excluding hydrogens is 631 g/mol.